The van der Waals surface area contributed by atoms with Gasteiger partial charge in [-0.1, -0.05) is 27.2 Å². The molecule has 1 aliphatic rings. The van der Waals surface area contributed by atoms with Crippen LogP contribution < -0.4 is 5.32 Å². The summed E-state index contributed by atoms with van der Waals surface area (Å²) in [4.78, 5) is 2.59. The summed E-state index contributed by atoms with van der Waals surface area (Å²) >= 11 is 0. The normalized spacial score (nSPS) is 17.2. The molecule has 1 aliphatic carbocycles. The Morgan fingerprint density at radius 3 is 2.28 bits per heavy atom. The van der Waals surface area contributed by atoms with E-state index in [1.807, 2.05) is 0 Å². The third kappa shape index (κ3) is 4.89. The quantitative estimate of drug-likeness (QED) is 0.600. The van der Waals surface area contributed by atoms with Crippen molar-refractivity contribution in [3.05, 3.63) is 0 Å². The zero-order chi connectivity index (χ0) is 13.4. The Morgan fingerprint density at radius 1 is 1.17 bits per heavy atom. The summed E-state index contributed by atoms with van der Waals surface area (Å²) in [6.45, 7) is 11.9. The first-order chi connectivity index (χ1) is 8.65. The van der Waals surface area contributed by atoms with Crippen LogP contribution >= 0.6 is 0 Å². The zero-order valence-corrected chi connectivity index (χ0v) is 13.1. The zero-order valence-electron chi connectivity index (χ0n) is 13.1. The van der Waals surface area contributed by atoms with Crippen molar-refractivity contribution in [2.24, 2.45) is 11.3 Å². The van der Waals surface area contributed by atoms with Crippen LogP contribution in [0.3, 0.4) is 0 Å². The molecule has 108 valence electrons. The number of nitrogens with zero attached hydrogens (tertiary/aromatic N) is 1. The van der Waals surface area contributed by atoms with Crippen LogP contribution in [0.4, 0.5) is 0 Å². The van der Waals surface area contributed by atoms with Crippen LogP contribution in [0.5, 0.6) is 0 Å². The summed E-state index contributed by atoms with van der Waals surface area (Å²) in [5.74, 6) is 0.991. The fourth-order valence-electron chi connectivity index (χ4n) is 3.06. The highest BCUT2D eigenvalue weighted by atomic mass is 15.1. The van der Waals surface area contributed by atoms with E-state index in [2.05, 4.69) is 38.0 Å². The van der Waals surface area contributed by atoms with E-state index in [4.69, 9.17) is 0 Å². The van der Waals surface area contributed by atoms with Crippen molar-refractivity contribution in [2.75, 3.05) is 33.2 Å². The second-order valence-corrected chi connectivity index (χ2v) is 6.38. The van der Waals surface area contributed by atoms with Gasteiger partial charge < -0.3 is 10.2 Å². The van der Waals surface area contributed by atoms with Crippen molar-refractivity contribution in [1.29, 1.82) is 0 Å². The van der Waals surface area contributed by atoms with Crippen LogP contribution in [0.15, 0.2) is 0 Å². The van der Waals surface area contributed by atoms with E-state index in [1.54, 1.807) is 0 Å². The molecule has 2 nitrogen and oxygen atoms in total. The first-order valence-electron chi connectivity index (χ1n) is 8.05. The standard InChI is InChI=1S/C16H34N2/c1-5-11-17-13-16(6-2,7-3)14-18(4)12-15-9-8-10-15/h15,17H,5-14H2,1-4H3. The lowest BCUT2D eigenvalue weighted by molar-refractivity contribution is 0.123. The van der Waals surface area contributed by atoms with Crippen molar-refractivity contribution >= 4 is 0 Å². The molecule has 18 heavy (non-hydrogen) atoms. The van der Waals surface area contributed by atoms with Gasteiger partial charge in [0.2, 0.25) is 0 Å². The van der Waals surface area contributed by atoms with E-state index >= 15 is 0 Å². The van der Waals surface area contributed by atoms with Gasteiger partial charge in [-0.3, -0.25) is 0 Å². The maximum atomic E-state index is 3.64. The summed E-state index contributed by atoms with van der Waals surface area (Å²) < 4.78 is 0. The Hall–Kier alpha value is -0.0800. The molecule has 0 amide bonds. The molecule has 2 heteroatoms. The van der Waals surface area contributed by atoms with Gasteiger partial charge in [0.15, 0.2) is 0 Å². The molecule has 1 N–H and O–H groups in total. The maximum absolute atomic E-state index is 3.64. The smallest absolute Gasteiger partial charge is 0.00470 e. The molecule has 0 spiro atoms. The van der Waals surface area contributed by atoms with E-state index < -0.39 is 0 Å². The van der Waals surface area contributed by atoms with E-state index in [-0.39, 0.29) is 0 Å². The molecule has 0 aromatic heterocycles. The van der Waals surface area contributed by atoms with Gasteiger partial charge in [-0.05, 0) is 57.0 Å². The number of nitrogens with one attached hydrogen (secondary N) is 1. The second-order valence-electron chi connectivity index (χ2n) is 6.38. The molecule has 0 bridgehead atoms. The van der Waals surface area contributed by atoms with Crippen molar-refractivity contribution < 1.29 is 0 Å². The van der Waals surface area contributed by atoms with Crippen molar-refractivity contribution in [3.8, 4) is 0 Å². The first kappa shape index (κ1) is 16.0. The van der Waals surface area contributed by atoms with Crippen LogP contribution in [0.25, 0.3) is 0 Å². The van der Waals surface area contributed by atoms with Crippen molar-refractivity contribution in [2.45, 2.75) is 59.3 Å². The number of rotatable bonds is 10. The average Bonchev–Trinajstić information content (AvgIpc) is 2.33. The van der Waals surface area contributed by atoms with Gasteiger partial charge in [0, 0.05) is 19.6 Å². The monoisotopic (exact) mass is 254 g/mol. The minimum Gasteiger partial charge on any atom is -0.316 e. The maximum Gasteiger partial charge on any atom is 0.00470 e. The summed E-state index contributed by atoms with van der Waals surface area (Å²) in [5.41, 5.74) is 0.480. The third-order valence-corrected chi connectivity index (χ3v) is 4.83. The summed E-state index contributed by atoms with van der Waals surface area (Å²) in [7, 11) is 2.32. The van der Waals surface area contributed by atoms with Crippen molar-refractivity contribution in [3.63, 3.8) is 0 Å². The Balaban J connectivity index is 2.37. The lowest BCUT2D eigenvalue weighted by Gasteiger charge is -2.38. The molecule has 0 atom stereocenters. The molecular formula is C16H34N2. The summed E-state index contributed by atoms with van der Waals surface area (Å²) in [6.07, 6.45) is 8.20. The van der Waals surface area contributed by atoms with Gasteiger partial charge in [-0.15, -0.1) is 0 Å². The minimum atomic E-state index is 0.480. The topological polar surface area (TPSA) is 15.3 Å². The Morgan fingerprint density at radius 2 is 1.83 bits per heavy atom. The van der Waals surface area contributed by atoms with Gasteiger partial charge in [0.05, 0.1) is 0 Å². The molecule has 1 saturated carbocycles. The molecule has 0 radical (unpaired) electrons. The third-order valence-electron chi connectivity index (χ3n) is 4.83. The largest absolute Gasteiger partial charge is 0.316 e. The van der Waals surface area contributed by atoms with E-state index in [9.17, 15) is 0 Å². The molecule has 0 aromatic carbocycles. The summed E-state index contributed by atoms with van der Waals surface area (Å²) in [5, 5.41) is 3.64. The highest BCUT2D eigenvalue weighted by Gasteiger charge is 2.28. The first-order valence-corrected chi connectivity index (χ1v) is 8.05. The molecule has 0 unspecified atom stereocenters. The highest BCUT2D eigenvalue weighted by Crippen LogP contribution is 2.30. The van der Waals surface area contributed by atoms with Crippen LogP contribution in [-0.4, -0.2) is 38.1 Å². The fourth-order valence-corrected chi connectivity index (χ4v) is 3.06. The average molecular weight is 254 g/mol. The van der Waals surface area contributed by atoms with Crippen LogP contribution in [0.1, 0.15) is 59.3 Å². The Labute approximate surface area is 115 Å². The summed E-state index contributed by atoms with van der Waals surface area (Å²) in [6, 6.07) is 0. The predicted molar refractivity (Wildman–Crippen MR) is 81.0 cm³/mol. The fraction of sp³-hybridized carbons (Fsp3) is 1.00. The van der Waals surface area contributed by atoms with Crippen molar-refractivity contribution in [1.82, 2.24) is 10.2 Å². The lowest BCUT2D eigenvalue weighted by atomic mass is 9.80. The highest BCUT2D eigenvalue weighted by molar-refractivity contribution is 4.83. The van der Waals surface area contributed by atoms with Gasteiger partial charge in [-0.2, -0.15) is 0 Å². The molecular weight excluding hydrogens is 220 g/mol. The Bertz CT molecular complexity index is 207. The Kier molecular flexibility index (Phi) is 7.25. The molecule has 0 aromatic rings. The van der Waals surface area contributed by atoms with E-state index in [1.165, 1.54) is 58.2 Å². The number of hydrogen-bond acceptors (Lipinski definition) is 2. The minimum absolute atomic E-state index is 0.480. The number of hydrogen-bond donors (Lipinski definition) is 1. The van der Waals surface area contributed by atoms with Gasteiger partial charge in [0.25, 0.3) is 0 Å². The molecule has 0 aliphatic heterocycles. The molecule has 0 heterocycles. The predicted octanol–water partition coefficient (Wildman–Crippen LogP) is 3.52. The SMILES string of the molecule is CCCNCC(CC)(CC)CN(C)CC1CCC1. The van der Waals surface area contributed by atoms with Crippen LogP contribution in [-0.2, 0) is 0 Å². The van der Waals surface area contributed by atoms with Gasteiger partial charge in [0.1, 0.15) is 0 Å². The van der Waals surface area contributed by atoms with Gasteiger partial charge >= 0.3 is 0 Å². The lowest BCUT2D eigenvalue weighted by Crippen LogP contribution is -2.44. The molecule has 1 fully saturated rings. The van der Waals surface area contributed by atoms with E-state index in [0.717, 1.165) is 12.5 Å². The molecule has 0 saturated heterocycles. The van der Waals surface area contributed by atoms with Crippen LogP contribution in [0, 0.1) is 11.3 Å². The molecule has 1 rings (SSSR count). The van der Waals surface area contributed by atoms with Crippen LogP contribution in [0.2, 0.25) is 0 Å². The second kappa shape index (κ2) is 8.16. The van der Waals surface area contributed by atoms with Gasteiger partial charge in [-0.25, -0.2) is 0 Å². The van der Waals surface area contributed by atoms with E-state index in [0.29, 0.717) is 5.41 Å².